The largest absolute Gasteiger partial charge is 0.351 e. The first kappa shape index (κ1) is 16.2. The maximum absolute atomic E-state index is 13.6. The molecule has 0 aliphatic carbocycles. The Hall–Kier alpha value is -0.880. The van der Waals surface area contributed by atoms with Gasteiger partial charge in [0.15, 0.2) is 11.6 Å². The average molecular weight is 297 g/mol. The fourth-order valence-corrected chi connectivity index (χ4v) is 3.15. The smallest absolute Gasteiger partial charge is 0.314 e. The first-order valence-corrected chi connectivity index (χ1v) is 7.25. The van der Waals surface area contributed by atoms with E-state index in [9.17, 15) is 17.7 Å². The Balaban J connectivity index is 3.20. The molecule has 8 heteroatoms. The lowest BCUT2D eigenvalue weighted by atomic mass is 10.2. The zero-order valence-corrected chi connectivity index (χ0v) is 11.4. The van der Waals surface area contributed by atoms with Crippen molar-refractivity contribution in [3.8, 4) is 0 Å². The second-order valence-corrected chi connectivity index (χ2v) is 5.76. The fraction of sp³-hybridized carbons (Fsp3) is 0.455. The van der Waals surface area contributed by atoms with Crippen LogP contribution >= 0.6 is 7.60 Å². The predicted molar refractivity (Wildman–Crippen MR) is 64.1 cm³/mol. The van der Waals surface area contributed by atoms with Crippen LogP contribution in [0, 0.1) is 17.5 Å². The molecule has 1 atom stereocenters. The zero-order chi connectivity index (χ0) is 14.6. The second-order valence-electron chi connectivity index (χ2n) is 3.61. The molecular weight excluding hydrogens is 282 g/mol. The van der Waals surface area contributed by atoms with Gasteiger partial charge in [0.2, 0.25) is 0 Å². The van der Waals surface area contributed by atoms with E-state index in [0.717, 1.165) is 0 Å². The number of hydrogen-bond donors (Lipinski definition) is 1. The van der Waals surface area contributed by atoms with Gasteiger partial charge in [-0.15, -0.1) is 0 Å². The maximum Gasteiger partial charge on any atom is 0.351 e. The first-order chi connectivity index (χ1) is 8.85. The molecule has 0 aliphatic rings. The molecule has 0 bridgehead atoms. The maximum atomic E-state index is 13.6. The Morgan fingerprint density at radius 1 is 1.11 bits per heavy atom. The van der Waals surface area contributed by atoms with Crippen molar-refractivity contribution in [2.24, 2.45) is 5.73 Å². The Morgan fingerprint density at radius 2 is 1.58 bits per heavy atom. The molecule has 0 aliphatic heterocycles. The van der Waals surface area contributed by atoms with E-state index in [0.29, 0.717) is 12.1 Å². The lowest BCUT2D eigenvalue weighted by Gasteiger charge is -2.23. The van der Waals surface area contributed by atoms with Gasteiger partial charge in [-0.05, 0) is 19.9 Å². The zero-order valence-electron chi connectivity index (χ0n) is 10.5. The molecule has 0 spiro atoms. The average Bonchev–Trinajstić information content (AvgIpc) is 2.33. The normalized spacial score (nSPS) is 13.6. The molecule has 0 fully saturated rings. The minimum atomic E-state index is -3.85. The quantitative estimate of drug-likeness (QED) is 0.646. The highest BCUT2D eigenvalue weighted by molar-refractivity contribution is 7.54. The van der Waals surface area contributed by atoms with Gasteiger partial charge in [0.1, 0.15) is 11.6 Å². The molecule has 1 aromatic rings. The molecule has 19 heavy (non-hydrogen) atoms. The Bertz CT molecular complexity index is 488. The Labute approximate surface area is 109 Å². The summed E-state index contributed by atoms with van der Waals surface area (Å²) in [5.74, 6) is -5.27. The van der Waals surface area contributed by atoms with Crippen molar-refractivity contribution in [1.29, 1.82) is 0 Å². The van der Waals surface area contributed by atoms with E-state index in [1.54, 1.807) is 13.8 Å². The first-order valence-electron chi connectivity index (χ1n) is 5.64. The Morgan fingerprint density at radius 3 is 2.05 bits per heavy atom. The van der Waals surface area contributed by atoms with Gasteiger partial charge in [0.05, 0.1) is 13.2 Å². The van der Waals surface area contributed by atoms with Gasteiger partial charge in [0, 0.05) is 11.6 Å². The molecule has 0 unspecified atom stereocenters. The van der Waals surface area contributed by atoms with E-state index in [-0.39, 0.29) is 13.2 Å². The van der Waals surface area contributed by atoms with Crippen LogP contribution in [0.4, 0.5) is 13.2 Å². The van der Waals surface area contributed by atoms with Gasteiger partial charge < -0.3 is 14.8 Å². The topological polar surface area (TPSA) is 61.5 Å². The highest BCUT2D eigenvalue weighted by Crippen LogP contribution is 2.58. The summed E-state index contributed by atoms with van der Waals surface area (Å²) in [7, 11) is -3.85. The van der Waals surface area contributed by atoms with E-state index >= 15 is 0 Å². The minimum absolute atomic E-state index is 0.0241. The van der Waals surface area contributed by atoms with Crippen molar-refractivity contribution in [2.75, 3.05) is 13.2 Å². The molecule has 0 aromatic heterocycles. The summed E-state index contributed by atoms with van der Waals surface area (Å²) in [5, 5.41) is 0. The SMILES string of the molecule is CCOP(=O)(OCC)[C@@H](N)c1cc(F)c(F)cc1F. The van der Waals surface area contributed by atoms with Crippen molar-refractivity contribution >= 4 is 7.60 Å². The van der Waals surface area contributed by atoms with Crippen LogP contribution in [-0.2, 0) is 13.6 Å². The number of rotatable bonds is 6. The van der Waals surface area contributed by atoms with Crippen LogP contribution in [0.5, 0.6) is 0 Å². The van der Waals surface area contributed by atoms with Gasteiger partial charge in [-0.3, -0.25) is 4.57 Å². The number of nitrogens with two attached hydrogens (primary N) is 1. The predicted octanol–water partition coefficient (Wildman–Crippen LogP) is 3.33. The van der Waals surface area contributed by atoms with Crippen LogP contribution in [0.3, 0.4) is 0 Å². The van der Waals surface area contributed by atoms with Crippen molar-refractivity contribution in [2.45, 2.75) is 19.6 Å². The Kier molecular flexibility index (Phi) is 5.55. The highest BCUT2D eigenvalue weighted by atomic mass is 31.2. The van der Waals surface area contributed by atoms with E-state index in [1.807, 2.05) is 0 Å². The van der Waals surface area contributed by atoms with Crippen LogP contribution in [-0.4, -0.2) is 13.2 Å². The van der Waals surface area contributed by atoms with Gasteiger partial charge in [-0.2, -0.15) is 0 Å². The molecule has 108 valence electrons. The van der Waals surface area contributed by atoms with Gasteiger partial charge in [-0.25, -0.2) is 13.2 Å². The fourth-order valence-electron chi connectivity index (χ4n) is 1.49. The van der Waals surface area contributed by atoms with Crippen LogP contribution in [0.1, 0.15) is 25.2 Å². The van der Waals surface area contributed by atoms with Crippen molar-refractivity contribution in [1.82, 2.24) is 0 Å². The number of benzene rings is 1. The molecule has 0 radical (unpaired) electrons. The van der Waals surface area contributed by atoms with Crippen LogP contribution in [0.25, 0.3) is 0 Å². The van der Waals surface area contributed by atoms with E-state index < -0.39 is 36.4 Å². The second kappa shape index (κ2) is 6.52. The van der Waals surface area contributed by atoms with Crippen molar-refractivity contribution in [3.05, 3.63) is 35.1 Å². The third-order valence-electron chi connectivity index (χ3n) is 2.32. The standard InChI is InChI=1S/C11H15F3NO3P/c1-3-17-19(16,18-4-2)11(15)7-5-9(13)10(14)6-8(7)12/h5-6,11H,3-4,15H2,1-2H3/t11-/m1/s1. The van der Waals surface area contributed by atoms with Crippen LogP contribution in [0.2, 0.25) is 0 Å². The molecule has 1 aromatic carbocycles. The van der Waals surface area contributed by atoms with Gasteiger partial charge in [-0.1, -0.05) is 0 Å². The van der Waals surface area contributed by atoms with Crippen LogP contribution in [0.15, 0.2) is 12.1 Å². The summed E-state index contributed by atoms with van der Waals surface area (Å²) in [6, 6.07) is 0.896. The lowest BCUT2D eigenvalue weighted by Crippen LogP contribution is -2.17. The third kappa shape index (κ3) is 3.57. The number of hydrogen-bond acceptors (Lipinski definition) is 4. The molecule has 0 heterocycles. The van der Waals surface area contributed by atoms with Gasteiger partial charge in [0.25, 0.3) is 0 Å². The van der Waals surface area contributed by atoms with Crippen molar-refractivity contribution < 1.29 is 26.8 Å². The molecule has 0 amide bonds. The molecule has 4 nitrogen and oxygen atoms in total. The lowest BCUT2D eigenvalue weighted by molar-refractivity contribution is 0.211. The molecule has 1 rings (SSSR count). The number of halogens is 3. The summed E-state index contributed by atoms with van der Waals surface area (Å²) in [4.78, 5) is 0. The molecule has 2 N–H and O–H groups in total. The summed E-state index contributed by atoms with van der Waals surface area (Å²) in [6.45, 7) is 3.16. The third-order valence-corrected chi connectivity index (χ3v) is 4.51. The minimum Gasteiger partial charge on any atom is -0.314 e. The molecule has 0 saturated heterocycles. The van der Waals surface area contributed by atoms with E-state index in [1.165, 1.54) is 0 Å². The summed E-state index contributed by atoms with van der Waals surface area (Å²) in [5.41, 5.74) is 5.17. The molecular formula is C11H15F3NO3P. The summed E-state index contributed by atoms with van der Waals surface area (Å²) < 4.78 is 61.7. The highest BCUT2D eigenvalue weighted by Gasteiger charge is 2.36. The van der Waals surface area contributed by atoms with Gasteiger partial charge >= 0.3 is 7.60 Å². The van der Waals surface area contributed by atoms with E-state index in [2.05, 4.69) is 0 Å². The van der Waals surface area contributed by atoms with Crippen molar-refractivity contribution in [3.63, 3.8) is 0 Å². The summed E-state index contributed by atoms with van der Waals surface area (Å²) >= 11 is 0. The summed E-state index contributed by atoms with van der Waals surface area (Å²) in [6.07, 6.45) is 0. The van der Waals surface area contributed by atoms with E-state index in [4.69, 9.17) is 14.8 Å². The monoisotopic (exact) mass is 297 g/mol. The molecule has 0 saturated carbocycles. The van der Waals surface area contributed by atoms with Crippen LogP contribution < -0.4 is 5.73 Å².